The Kier molecular flexibility index (Phi) is 6.84. The van der Waals surface area contributed by atoms with Gasteiger partial charge < -0.3 is 9.84 Å². The summed E-state index contributed by atoms with van der Waals surface area (Å²) in [5.74, 6) is -2.01. The van der Waals surface area contributed by atoms with E-state index in [-0.39, 0.29) is 29.1 Å². The summed E-state index contributed by atoms with van der Waals surface area (Å²) in [5, 5.41) is 14.6. The highest BCUT2D eigenvalue weighted by Gasteiger charge is 2.36. The fraction of sp³-hybridized carbons (Fsp3) is 0.0690. The first kappa shape index (κ1) is 26.0. The Morgan fingerprint density at radius 2 is 1.64 bits per heavy atom. The third-order valence-electron chi connectivity index (χ3n) is 6.02. The Balaban J connectivity index is 1.68. The lowest BCUT2D eigenvalue weighted by molar-refractivity contribution is -0.137. The molecule has 10 heteroatoms. The fourth-order valence-electron chi connectivity index (χ4n) is 4.18. The molecule has 5 rings (SSSR count). The van der Waals surface area contributed by atoms with Crippen molar-refractivity contribution in [3.63, 3.8) is 0 Å². The van der Waals surface area contributed by atoms with Crippen molar-refractivity contribution in [3.8, 4) is 17.0 Å². The van der Waals surface area contributed by atoms with Crippen LogP contribution in [0.25, 0.3) is 22.2 Å². The first-order valence-electron chi connectivity index (χ1n) is 11.6. The van der Waals surface area contributed by atoms with Gasteiger partial charge in [0.2, 0.25) is 0 Å². The smallest absolute Gasteiger partial charge is 0.417 e. The van der Waals surface area contributed by atoms with Crippen LogP contribution >= 0.6 is 11.6 Å². The van der Waals surface area contributed by atoms with Gasteiger partial charge in [-0.25, -0.2) is 4.79 Å². The maximum Gasteiger partial charge on any atom is 0.417 e. The first-order valence-corrected chi connectivity index (χ1v) is 11.9. The molecular formula is C29H18ClF3N2O4. The van der Waals surface area contributed by atoms with Gasteiger partial charge >= 0.3 is 12.1 Å². The molecule has 0 radical (unpaired) electrons. The topological polar surface area (TPSA) is 81.4 Å². The normalized spacial score (nSPS) is 11.5. The molecule has 4 aromatic carbocycles. The molecule has 0 bridgehead atoms. The highest BCUT2D eigenvalue weighted by atomic mass is 35.5. The van der Waals surface area contributed by atoms with Crippen LogP contribution in [0.1, 0.15) is 31.8 Å². The maximum atomic E-state index is 13.7. The number of alkyl halides is 3. The third-order valence-corrected chi connectivity index (χ3v) is 6.25. The predicted octanol–water partition coefficient (Wildman–Crippen LogP) is 7.34. The molecular weight excluding hydrogens is 533 g/mol. The Bertz CT molecular complexity index is 1720. The number of nitrogens with zero attached hydrogens (tertiary/aromatic N) is 2. The molecule has 6 nitrogen and oxygen atoms in total. The molecule has 0 aliphatic heterocycles. The van der Waals surface area contributed by atoms with Crippen molar-refractivity contribution in [2.75, 3.05) is 0 Å². The minimum absolute atomic E-state index is 0.0428. The number of rotatable bonds is 6. The number of hydrogen-bond donors (Lipinski definition) is 1. The summed E-state index contributed by atoms with van der Waals surface area (Å²) in [7, 11) is 0. The summed E-state index contributed by atoms with van der Waals surface area (Å²) in [4.78, 5) is 25.1. The van der Waals surface area contributed by atoms with Crippen LogP contribution in [-0.4, -0.2) is 26.8 Å². The largest absolute Gasteiger partial charge is 0.488 e. The molecule has 0 spiro atoms. The number of carbonyl (C=O) groups is 2. The number of benzene rings is 4. The second-order valence-electron chi connectivity index (χ2n) is 8.56. The zero-order chi connectivity index (χ0) is 27.7. The summed E-state index contributed by atoms with van der Waals surface area (Å²) in [5.41, 5.74) is -0.151. The maximum absolute atomic E-state index is 13.7. The molecule has 0 saturated heterocycles. The van der Waals surface area contributed by atoms with Gasteiger partial charge in [0.15, 0.2) is 0 Å². The van der Waals surface area contributed by atoms with Gasteiger partial charge in [-0.3, -0.25) is 4.79 Å². The second-order valence-corrected chi connectivity index (χ2v) is 9.00. The van der Waals surface area contributed by atoms with E-state index in [1.807, 2.05) is 30.3 Å². The monoisotopic (exact) mass is 550 g/mol. The number of carbonyl (C=O) groups excluding carboxylic acids is 1. The Labute approximate surface area is 224 Å². The molecule has 39 heavy (non-hydrogen) atoms. The minimum atomic E-state index is -4.76. The van der Waals surface area contributed by atoms with E-state index >= 15 is 0 Å². The number of fused-ring (bicyclic) bond motifs is 1. The lowest BCUT2D eigenvalue weighted by Crippen LogP contribution is -2.19. The van der Waals surface area contributed by atoms with Gasteiger partial charge in [0.05, 0.1) is 22.2 Å². The number of ether oxygens (including phenoxy) is 1. The molecule has 1 N–H and O–H groups in total. The van der Waals surface area contributed by atoms with Gasteiger partial charge in [0.25, 0.3) is 5.91 Å². The van der Waals surface area contributed by atoms with Gasteiger partial charge in [0, 0.05) is 16.0 Å². The van der Waals surface area contributed by atoms with Crippen molar-refractivity contribution in [1.82, 2.24) is 9.78 Å². The van der Waals surface area contributed by atoms with Crippen LogP contribution in [0.5, 0.6) is 5.75 Å². The number of carboxylic acids is 1. The third kappa shape index (κ3) is 5.21. The number of hydrogen-bond acceptors (Lipinski definition) is 4. The van der Waals surface area contributed by atoms with Crippen LogP contribution in [-0.2, 0) is 12.8 Å². The summed E-state index contributed by atoms with van der Waals surface area (Å²) >= 11 is 6.24. The van der Waals surface area contributed by atoms with Crippen LogP contribution in [0.2, 0.25) is 5.02 Å². The van der Waals surface area contributed by atoms with E-state index < -0.39 is 29.2 Å². The molecule has 0 saturated carbocycles. The summed E-state index contributed by atoms with van der Waals surface area (Å²) in [6, 6.07) is 22.3. The second kappa shape index (κ2) is 10.3. The van der Waals surface area contributed by atoms with Crippen LogP contribution in [0.15, 0.2) is 91.0 Å². The molecule has 1 heterocycles. The lowest BCUT2D eigenvalue weighted by Gasteiger charge is -2.12. The SMILES string of the molecule is O=C(O)c1ccc(-c2nn(C(=O)c3ccccc3C(F)(F)F)c3ccc(Cl)cc23)c(OCc2ccccc2)c1. The predicted molar refractivity (Wildman–Crippen MR) is 139 cm³/mol. The highest BCUT2D eigenvalue weighted by molar-refractivity contribution is 6.31. The molecule has 1 aromatic heterocycles. The molecule has 0 aliphatic rings. The molecule has 0 aliphatic carbocycles. The minimum Gasteiger partial charge on any atom is -0.488 e. The van der Waals surface area contributed by atoms with Gasteiger partial charge in [-0.05, 0) is 54.1 Å². The lowest BCUT2D eigenvalue weighted by atomic mass is 10.0. The van der Waals surface area contributed by atoms with E-state index in [1.54, 1.807) is 0 Å². The zero-order valence-corrected chi connectivity index (χ0v) is 20.7. The van der Waals surface area contributed by atoms with Crippen LogP contribution in [0.4, 0.5) is 13.2 Å². The van der Waals surface area contributed by atoms with Crippen molar-refractivity contribution >= 4 is 34.4 Å². The number of halogens is 4. The summed E-state index contributed by atoms with van der Waals surface area (Å²) < 4.78 is 47.9. The Morgan fingerprint density at radius 3 is 2.36 bits per heavy atom. The van der Waals surface area contributed by atoms with Crippen LogP contribution in [0, 0.1) is 0 Å². The van der Waals surface area contributed by atoms with Crippen molar-refractivity contribution in [1.29, 1.82) is 0 Å². The average Bonchev–Trinajstić information content (AvgIpc) is 3.29. The van der Waals surface area contributed by atoms with E-state index in [0.717, 1.165) is 22.4 Å². The van der Waals surface area contributed by atoms with E-state index in [4.69, 9.17) is 16.3 Å². The van der Waals surface area contributed by atoms with Crippen molar-refractivity contribution < 1.29 is 32.6 Å². The van der Waals surface area contributed by atoms with Crippen molar-refractivity contribution in [2.45, 2.75) is 12.8 Å². The van der Waals surface area contributed by atoms with Crippen molar-refractivity contribution in [2.24, 2.45) is 0 Å². The van der Waals surface area contributed by atoms with Crippen LogP contribution in [0.3, 0.4) is 0 Å². The standard InChI is InChI=1S/C29H18ClF3N2O4/c30-19-11-13-24-22(15-19)26(34-35(24)27(36)20-8-4-5-9-23(20)29(31,32)33)21-12-10-18(28(37)38)14-25(21)39-16-17-6-2-1-3-7-17/h1-15H,16H2,(H,37,38). The zero-order valence-electron chi connectivity index (χ0n) is 19.9. The first-order chi connectivity index (χ1) is 18.6. The van der Waals surface area contributed by atoms with E-state index in [0.29, 0.717) is 16.0 Å². The van der Waals surface area contributed by atoms with Gasteiger partial charge in [0.1, 0.15) is 18.1 Å². The van der Waals surface area contributed by atoms with Crippen LogP contribution < -0.4 is 4.74 Å². The Hall–Kier alpha value is -4.63. The van der Waals surface area contributed by atoms with Gasteiger partial charge in [-0.2, -0.15) is 23.0 Å². The van der Waals surface area contributed by atoms with Gasteiger partial charge in [-0.15, -0.1) is 0 Å². The molecule has 0 atom stereocenters. The number of aromatic nitrogens is 2. The molecule has 5 aromatic rings. The average molecular weight is 551 g/mol. The van der Waals surface area contributed by atoms with Crippen molar-refractivity contribution in [3.05, 3.63) is 118 Å². The summed E-state index contributed by atoms with van der Waals surface area (Å²) in [6.07, 6.45) is -4.76. The number of aromatic carboxylic acids is 1. The molecule has 0 unspecified atom stereocenters. The summed E-state index contributed by atoms with van der Waals surface area (Å²) in [6.45, 7) is 0.105. The van der Waals surface area contributed by atoms with E-state index in [2.05, 4.69) is 5.10 Å². The molecule has 196 valence electrons. The fourth-order valence-corrected chi connectivity index (χ4v) is 4.35. The van der Waals surface area contributed by atoms with E-state index in [1.165, 1.54) is 48.5 Å². The molecule has 0 amide bonds. The number of carboxylic acid groups (broad SMARTS) is 1. The molecule has 0 fully saturated rings. The Morgan fingerprint density at radius 1 is 0.923 bits per heavy atom. The highest BCUT2D eigenvalue weighted by Crippen LogP contribution is 2.38. The quantitative estimate of drug-likeness (QED) is 0.239. The van der Waals surface area contributed by atoms with Gasteiger partial charge in [-0.1, -0.05) is 54.1 Å². The van der Waals surface area contributed by atoms with E-state index in [9.17, 15) is 27.9 Å².